The molecule has 1 aromatic heterocycles. The Morgan fingerprint density at radius 2 is 2.00 bits per heavy atom. The van der Waals surface area contributed by atoms with Crippen molar-refractivity contribution < 1.29 is 32.0 Å². The highest BCUT2D eigenvalue weighted by Gasteiger charge is 2.24. The lowest BCUT2D eigenvalue weighted by atomic mass is 10.3. The molecule has 11 heteroatoms. The van der Waals surface area contributed by atoms with Crippen molar-refractivity contribution in [3.63, 3.8) is 0 Å². The monoisotopic (exact) mass is 333 g/mol. The fourth-order valence-corrected chi connectivity index (χ4v) is 1.74. The van der Waals surface area contributed by atoms with Gasteiger partial charge in [-0.3, -0.25) is 10.1 Å². The Balaban J connectivity index is 2.66. The molecule has 3 amide bonds. The molecule has 0 aliphatic heterocycles. The van der Waals surface area contributed by atoms with Crippen LogP contribution >= 0.6 is 0 Å². The van der Waals surface area contributed by atoms with Crippen molar-refractivity contribution in [1.82, 2.24) is 10.6 Å². The summed E-state index contributed by atoms with van der Waals surface area (Å²) >= 11 is 0. The van der Waals surface area contributed by atoms with Crippen LogP contribution in [0.2, 0.25) is 0 Å². The highest BCUT2D eigenvalue weighted by Crippen LogP contribution is 2.13. The molecule has 1 rings (SSSR count). The molecular weight excluding hydrogens is 318 g/mol. The fourth-order valence-electron chi connectivity index (χ4n) is 1.27. The van der Waals surface area contributed by atoms with Gasteiger partial charge >= 0.3 is 12.0 Å². The van der Waals surface area contributed by atoms with Crippen LogP contribution in [0.1, 0.15) is 24.4 Å². The second-order valence-electron chi connectivity index (χ2n) is 4.06. The number of primary sulfonamides is 1. The van der Waals surface area contributed by atoms with E-state index < -0.39 is 44.9 Å². The Labute approximate surface area is 126 Å². The molecule has 122 valence electrons. The van der Waals surface area contributed by atoms with Crippen LogP contribution in [-0.4, -0.2) is 39.0 Å². The number of rotatable bonds is 5. The van der Waals surface area contributed by atoms with E-state index >= 15 is 0 Å². The zero-order valence-electron chi connectivity index (χ0n) is 11.8. The van der Waals surface area contributed by atoms with E-state index in [-0.39, 0.29) is 0 Å². The van der Waals surface area contributed by atoms with Crippen LogP contribution in [0.4, 0.5) is 4.79 Å². The highest BCUT2D eigenvalue weighted by molar-refractivity contribution is 7.89. The van der Waals surface area contributed by atoms with E-state index in [2.05, 4.69) is 5.32 Å². The quantitative estimate of drug-likeness (QED) is 0.602. The van der Waals surface area contributed by atoms with Crippen molar-refractivity contribution in [1.29, 1.82) is 0 Å². The zero-order chi connectivity index (χ0) is 16.9. The first kappa shape index (κ1) is 17.7. The molecule has 1 heterocycles. The molecule has 0 saturated heterocycles. The van der Waals surface area contributed by atoms with Gasteiger partial charge in [0.2, 0.25) is 10.9 Å². The SMILES string of the molecule is CCNC(=O)NC(=O)C(C)OC(=O)c1ccc(S(N)(=O)=O)o1. The number of esters is 1. The van der Waals surface area contributed by atoms with Gasteiger partial charge in [0, 0.05) is 6.54 Å². The summed E-state index contributed by atoms with van der Waals surface area (Å²) in [5, 5.41) is 8.49. The molecular formula is C11H15N3O7S. The largest absolute Gasteiger partial charge is 0.447 e. The van der Waals surface area contributed by atoms with E-state index in [9.17, 15) is 22.8 Å². The van der Waals surface area contributed by atoms with Crippen molar-refractivity contribution in [3.05, 3.63) is 17.9 Å². The van der Waals surface area contributed by atoms with Crippen LogP contribution in [0, 0.1) is 0 Å². The van der Waals surface area contributed by atoms with Crippen molar-refractivity contribution in [2.45, 2.75) is 25.0 Å². The first-order chi connectivity index (χ1) is 10.1. The van der Waals surface area contributed by atoms with Crippen molar-refractivity contribution >= 4 is 27.9 Å². The van der Waals surface area contributed by atoms with E-state index in [4.69, 9.17) is 14.3 Å². The highest BCUT2D eigenvalue weighted by atomic mass is 32.2. The number of nitrogens with one attached hydrogen (secondary N) is 2. The van der Waals surface area contributed by atoms with Crippen LogP contribution in [0.25, 0.3) is 0 Å². The second kappa shape index (κ2) is 7.04. The van der Waals surface area contributed by atoms with Gasteiger partial charge in [0.05, 0.1) is 0 Å². The van der Waals surface area contributed by atoms with E-state index in [1.54, 1.807) is 6.92 Å². The van der Waals surface area contributed by atoms with Gasteiger partial charge in [-0.25, -0.2) is 23.1 Å². The third-order valence-electron chi connectivity index (χ3n) is 2.29. The summed E-state index contributed by atoms with van der Waals surface area (Å²) in [5.41, 5.74) is 0. The number of ether oxygens (including phenoxy) is 1. The minimum absolute atomic E-state index is 0.315. The van der Waals surface area contributed by atoms with Crippen LogP contribution in [0.15, 0.2) is 21.6 Å². The first-order valence-corrected chi connectivity index (χ1v) is 7.62. The molecule has 0 aliphatic rings. The maximum absolute atomic E-state index is 11.7. The van der Waals surface area contributed by atoms with Gasteiger partial charge in [-0.05, 0) is 26.0 Å². The van der Waals surface area contributed by atoms with Crippen LogP contribution in [0.5, 0.6) is 0 Å². The van der Waals surface area contributed by atoms with Crippen molar-refractivity contribution in [2.24, 2.45) is 5.14 Å². The number of hydrogen-bond donors (Lipinski definition) is 3. The topological polar surface area (TPSA) is 158 Å². The minimum atomic E-state index is -4.09. The lowest BCUT2D eigenvalue weighted by Crippen LogP contribution is -2.44. The molecule has 1 aromatic rings. The summed E-state index contributed by atoms with van der Waals surface area (Å²) < 4.78 is 31.5. The van der Waals surface area contributed by atoms with E-state index in [0.29, 0.717) is 6.54 Å². The molecule has 1 atom stereocenters. The predicted octanol–water partition coefficient (Wildman–Crippen LogP) is -0.682. The second-order valence-corrected chi connectivity index (χ2v) is 5.55. The molecule has 0 bridgehead atoms. The van der Waals surface area contributed by atoms with Crippen LogP contribution < -0.4 is 15.8 Å². The number of hydrogen-bond acceptors (Lipinski definition) is 7. The Kier molecular flexibility index (Phi) is 5.65. The minimum Gasteiger partial charge on any atom is -0.447 e. The average molecular weight is 333 g/mol. The van der Waals surface area contributed by atoms with Crippen molar-refractivity contribution in [2.75, 3.05) is 6.54 Å². The average Bonchev–Trinajstić information content (AvgIpc) is 2.88. The van der Waals surface area contributed by atoms with Gasteiger partial charge in [0.25, 0.3) is 15.9 Å². The first-order valence-electron chi connectivity index (χ1n) is 6.07. The van der Waals surface area contributed by atoms with Gasteiger partial charge in [0.15, 0.2) is 6.10 Å². The number of carbonyl (C=O) groups excluding carboxylic acids is 3. The lowest BCUT2D eigenvalue weighted by Gasteiger charge is -2.11. The van der Waals surface area contributed by atoms with Gasteiger partial charge in [0.1, 0.15) is 0 Å². The third kappa shape index (κ3) is 4.86. The number of nitrogens with two attached hydrogens (primary N) is 1. The Morgan fingerprint density at radius 1 is 1.36 bits per heavy atom. The molecule has 0 aliphatic carbocycles. The van der Waals surface area contributed by atoms with Gasteiger partial charge < -0.3 is 14.5 Å². The summed E-state index contributed by atoms with van der Waals surface area (Å²) in [6.45, 7) is 3.21. The smallest absolute Gasteiger partial charge is 0.375 e. The summed E-state index contributed by atoms with van der Waals surface area (Å²) in [6.07, 6.45) is -1.29. The summed E-state index contributed by atoms with van der Waals surface area (Å²) in [6, 6.07) is 1.28. The lowest BCUT2D eigenvalue weighted by molar-refractivity contribution is -0.128. The van der Waals surface area contributed by atoms with Crippen molar-refractivity contribution in [3.8, 4) is 0 Å². The predicted molar refractivity (Wildman–Crippen MR) is 72.2 cm³/mol. The molecule has 0 saturated carbocycles. The molecule has 0 spiro atoms. The number of amides is 3. The zero-order valence-corrected chi connectivity index (χ0v) is 12.6. The molecule has 10 nitrogen and oxygen atoms in total. The maximum Gasteiger partial charge on any atom is 0.375 e. The Hall–Kier alpha value is -2.40. The standard InChI is InChI=1S/C11H15N3O7S/c1-3-13-11(17)14-9(15)6(2)20-10(16)7-4-5-8(21-7)22(12,18)19/h4-6H,3H2,1-2H3,(H2,12,18,19)(H2,13,14,15,17). The maximum atomic E-state index is 11.7. The molecule has 0 fully saturated rings. The summed E-state index contributed by atoms with van der Waals surface area (Å²) in [4.78, 5) is 34.4. The third-order valence-corrected chi connectivity index (χ3v) is 3.07. The van der Waals surface area contributed by atoms with Crippen LogP contribution in [0.3, 0.4) is 0 Å². The molecule has 1 unspecified atom stereocenters. The number of carbonyl (C=O) groups is 3. The summed E-state index contributed by atoms with van der Waals surface area (Å²) in [5.74, 6) is -2.37. The van der Waals surface area contributed by atoms with Crippen LogP contribution in [-0.2, 0) is 19.6 Å². The van der Waals surface area contributed by atoms with Gasteiger partial charge in [-0.1, -0.05) is 0 Å². The molecule has 4 N–H and O–H groups in total. The Bertz CT molecular complexity index is 680. The van der Waals surface area contributed by atoms with Gasteiger partial charge in [-0.2, -0.15) is 0 Å². The van der Waals surface area contributed by atoms with E-state index in [1.165, 1.54) is 6.92 Å². The fraction of sp³-hybridized carbons (Fsp3) is 0.364. The van der Waals surface area contributed by atoms with Gasteiger partial charge in [-0.15, -0.1) is 0 Å². The number of urea groups is 1. The molecule has 22 heavy (non-hydrogen) atoms. The number of sulfonamides is 1. The normalized spacial score (nSPS) is 12.3. The number of furan rings is 1. The summed E-state index contributed by atoms with van der Waals surface area (Å²) in [7, 11) is -4.09. The number of imide groups is 1. The van der Waals surface area contributed by atoms with E-state index in [0.717, 1.165) is 12.1 Å². The molecule has 0 aromatic carbocycles. The molecule has 0 radical (unpaired) electrons. The Morgan fingerprint density at radius 3 is 2.50 bits per heavy atom. The van der Waals surface area contributed by atoms with E-state index in [1.807, 2.05) is 5.32 Å².